The first-order valence-electron chi connectivity index (χ1n) is 7.66. The molecule has 1 saturated heterocycles. The Morgan fingerprint density at radius 1 is 1.21 bits per heavy atom. The molecule has 0 unspecified atom stereocenters. The molecular formula is C18H16ClFN2O2. The average Bonchev–Trinajstić information content (AvgIpc) is 2.95. The lowest BCUT2D eigenvalue weighted by atomic mass is 10.0. The van der Waals surface area contributed by atoms with Crippen molar-refractivity contribution in [2.45, 2.75) is 12.8 Å². The summed E-state index contributed by atoms with van der Waals surface area (Å²) in [7, 11) is 0. The topological polar surface area (TPSA) is 49.4 Å². The molecule has 1 N–H and O–H groups in total. The highest BCUT2D eigenvalue weighted by molar-refractivity contribution is 6.30. The standard InChI is InChI=1S/C18H16ClFN2O2/c19-13-5-3-12(4-6-13)15-10-14(20)7-8-16(15)21-17(23)11-22-9-1-2-18(22)24/h3-8,10H,1-2,9,11H2,(H,21,23). The third-order valence-corrected chi connectivity index (χ3v) is 4.17. The Balaban J connectivity index is 1.81. The number of benzene rings is 2. The van der Waals surface area contributed by atoms with E-state index in [0.29, 0.717) is 29.2 Å². The molecule has 0 atom stereocenters. The van der Waals surface area contributed by atoms with Crippen molar-refractivity contribution >= 4 is 29.1 Å². The van der Waals surface area contributed by atoms with Crippen LogP contribution in [0.3, 0.4) is 0 Å². The summed E-state index contributed by atoms with van der Waals surface area (Å²) in [6.45, 7) is 0.607. The van der Waals surface area contributed by atoms with Crippen LogP contribution < -0.4 is 5.32 Å². The first-order chi connectivity index (χ1) is 11.5. The van der Waals surface area contributed by atoms with Gasteiger partial charge in [-0.3, -0.25) is 9.59 Å². The number of hydrogen-bond acceptors (Lipinski definition) is 2. The van der Waals surface area contributed by atoms with E-state index in [4.69, 9.17) is 11.6 Å². The van der Waals surface area contributed by atoms with Crippen LogP contribution in [-0.2, 0) is 9.59 Å². The highest BCUT2D eigenvalue weighted by Crippen LogP contribution is 2.30. The molecule has 24 heavy (non-hydrogen) atoms. The van der Waals surface area contributed by atoms with Gasteiger partial charge in [0.15, 0.2) is 0 Å². The highest BCUT2D eigenvalue weighted by Gasteiger charge is 2.22. The molecule has 0 saturated carbocycles. The predicted molar refractivity (Wildman–Crippen MR) is 91.3 cm³/mol. The van der Waals surface area contributed by atoms with Gasteiger partial charge < -0.3 is 10.2 Å². The number of hydrogen-bond donors (Lipinski definition) is 1. The van der Waals surface area contributed by atoms with Gasteiger partial charge >= 0.3 is 0 Å². The third kappa shape index (κ3) is 3.74. The van der Waals surface area contributed by atoms with Crippen LogP contribution in [-0.4, -0.2) is 29.8 Å². The molecule has 124 valence electrons. The Bertz CT molecular complexity index is 777. The summed E-state index contributed by atoms with van der Waals surface area (Å²) in [6, 6.07) is 11.1. The van der Waals surface area contributed by atoms with Crippen molar-refractivity contribution in [2.24, 2.45) is 0 Å². The molecule has 6 heteroatoms. The minimum Gasteiger partial charge on any atom is -0.333 e. The van der Waals surface area contributed by atoms with Crippen molar-refractivity contribution in [3.63, 3.8) is 0 Å². The number of likely N-dealkylation sites (tertiary alicyclic amines) is 1. The van der Waals surface area contributed by atoms with E-state index < -0.39 is 5.82 Å². The SMILES string of the molecule is O=C(CN1CCCC1=O)Nc1ccc(F)cc1-c1ccc(Cl)cc1. The normalized spacial score (nSPS) is 14.1. The fourth-order valence-electron chi connectivity index (χ4n) is 2.73. The van der Waals surface area contributed by atoms with Crippen molar-refractivity contribution < 1.29 is 14.0 Å². The molecule has 2 amide bonds. The summed E-state index contributed by atoms with van der Waals surface area (Å²) in [4.78, 5) is 25.4. The molecule has 1 aliphatic rings. The van der Waals surface area contributed by atoms with Crippen LogP contribution in [0.4, 0.5) is 10.1 Å². The zero-order valence-electron chi connectivity index (χ0n) is 12.9. The third-order valence-electron chi connectivity index (χ3n) is 3.92. The quantitative estimate of drug-likeness (QED) is 0.917. The van der Waals surface area contributed by atoms with Gasteiger partial charge in [0.1, 0.15) is 5.82 Å². The fourth-order valence-corrected chi connectivity index (χ4v) is 2.85. The van der Waals surface area contributed by atoms with E-state index in [9.17, 15) is 14.0 Å². The lowest BCUT2D eigenvalue weighted by Crippen LogP contribution is -2.34. The maximum Gasteiger partial charge on any atom is 0.244 e. The molecule has 1 heterocycles. The van der Waals surface area contributed by atoms with Crippen LogP contribution in [0.1, 0.15) is 12.8 Å². The lowest BCUT2D eigenvalue weighted by molar-refractivity contribution is -0.131. The Morgan fingerprint density at radius 3 is 2.62 bits per heavy atom. The van der Waals surface area contributed by atoms with Gasteiger partial charge in [0.05, 0.1) is 6.54 Å². The minimum absolute atomic E-state index is 0.0102. The maximum absolute atomic E-state index is 13.6. The summed E-state index contributed by atoms with van der Waals surface area (Å²) in [5.74, 6) is -0.707. The van der Waals surface area contributed by atoms with Gasteiger partial charge in [-0.1, -0.05) is 23.7 Å². The Morgan fingerprint density at radius 2 is 1.96 bits per heavy atom. The molecule has 0 bridgehead atoms. The van der Waals surface area contributed by atoms with Gasteiger partial charge in [0.25, 0.3) is 0 Å². The molecule has 0 spiro atoms. The second kappa shape index (κ2) is 7.01. The summed E-state index contributed by atoms with van der Waals surface area (Å²) < 4.78 is 13.6. The fraction of sp³-hybridized carbons (Fsp3) is 0.222. The van der Waals surface area contributed by atoms with Gasteiger partial charge in [0, 0.05) is 29.2 Å². The van der Waals surface area contributed by atoms with Crippen molar-refractivity contribution in [3.05, 3.63) is 53.3 Å². The van der Waals surface area contributed by atoms with Crippen LogP contribution in [0.5, 0.6) is 0 Å². The first-order valence-corrected chi connectivity index (χ1v) is 8.04. The van der Waals surface area contributed by atoms with E-state index in [1.165, 1.54) is 23.1 Å². The van der Waals surface area contributed by atoms with Crippen molar-refractivity contribution in [1.82, 2.24) is 4.90 Å². The molecule has 1 fully saturated rings. The molecule has 1 aliphatic heterocycles. The van der Waals surface area contributed by atoms with Crippen molar-refractivity contribution in [2.75, 3.05) is 18.4 Å². The van der Waals surface area contributed by atoms with E-state index in [0.717, 1.165) is 12.0 Å². The largest absolute Gasteiger partial charge is 0.333 e. The van der Waals surface area contributed by atoms with E-state index in [1.807, 2.05) is 0 Å². The Labute approximate surface area is 144 Å². The minimum atomic E-state index is -0.396. The molecule has 0 aliphatic carbocycles. The van der Waals surface area contributed by atoms with Crippen LogP contribution in [0.2, 0.25) is 5.02 Å². The molecular weight excluding hydrogens is 331 g/mol. The smallest absolute Gasteiger partial charge is 0.244 e. The summed E-state index contributed by atoms with van der Waals surface area (Å²) in [5.41, 5.74) is 1.80. The Hall–Kier alpha value is -2.40. The summed E-state index contributed by atoms with van der Waals surface area (Å²) >= 11 is 5.88. The van der Waals surface area contributed by atoms with E-state index in [1.54, 1.807) is 24.3 Å². The summed E-state index contributed by atoms with van der Waals surface area (Å²) in [5, 5.41) is 3.34. The number of nitrogens with one attached hydrogen (secondary N) is 1. The van der Waals surface area contributed by atoms with Gasteiger partial charge in [-0.15, -0.1) is 0 Å². The van der Waals surface area contributed by atoms with Crippen LogP contribution >= 0.6 is 11.6 Å². The van der Waals surface area contributed by atoms with Gasteiger partial charge in [-0.25, -0.2) is 4.39 Å². The number of carbonyl (C=O) groups excluding carboxylic acids is 2. The lowest BCUT2D eigenvalue weighted by Gasteiger charge is -2.16. The second-order valence-corrected chi connectivity index (χ2v) is 6.10. The molecule has 2 aromatic rings. The number of nitrogens with zero attached hydrogens (tertiary/aromatic N) is 1. The van der Waals surface area contributed by atoms with Crippen LogP contribution in [0.25, 0.3) is 11.1 Å². The number of amides is 2. The molecule has 3 rings (SSSR count). The number of halogens is 2. The zero-order chi connectivity index (χ0) is 17.1. The van der Waals surface area contributed by atoms with Crippen molar-refractivity contribution in [1.29, 1.82) is 0 Å². The molecule has 0 aromatic heterocycles. The van der Waals surface area contributed by atoms with Gasteiger partial charge in [-0.05, 0) is 42.3 Å². The zero-order valence-corrected chi connectivity index (χ0v) is 13.6. The highest BCUT2D eigenvalue weighted by atomic mass is 35.5. The number of anilines is 1. The molecule has 0 radical (unpaired) electrons. The van der Waals surface area contributed by atoms with E-state index >= 15 is 0 Å². The first kappa shape index (κ1) is 16.5. The van der Waals surface area contributed by atoms with E-state index in [2.05, 4.69) is 5.32 Å². The number of carbonyl (C=O) groups is 2. The monoisotopic (exact) mass is 346 g/mol. The predicted octanol–water partition coefficient (Wildman–Crippen LogP) is 3.71. The van der Waals surface area contributed by atoms with Crippen LogP contribution in [0.15, 0.2) is 42.5 Å². The molecule has 2 aromatic carbocycles. The van der Waals surface area contributed by atoms with Gasteiger partial charge in [-0.2, -0.15) is 0 Å². The van der Waals surface area contributed by atoms with E-state index in [-0.39, 0.29) is 18.4 Å². The molecule has 4 nitrogen and oxygen atoms in total. The van der Waals surface area contributed by atoms with Crippen molar-refractivity contribution in [3.8, 4) is 11.1 Å². The van der Waals surface area contributed by atoms with Gasteiger partial charge in [0.2, 0.25) is 11.8 Å². The maximum atomic E-state index is 13.6. The number of rotatable bonds is 4. The average molecular weight is 347 g/mol. The van der Waals surface area contributed by atoms with Crippen LogP contribution in [0, 0.1) is 5.82 Å². The second-order valence-electron chi connectivity index (χ2n) is 5.66. The Kier molecular flexibility index (Phi) is 4.81. The summed E-state index contributed by atoms with van der Waals surface area (Å²) in [6.07, 6.45) is 1.26.